The molecule has 9 heteroatoms. The third kappa shape index (κ3) is 4.98. The van der Waals surface area contributed by atoms with Gasteiger partial charge in [-0.1, -0.05) is 19.9 Å². The Balaban J connectivity index is 1.40. The number of benzene rings is 1. The molecule has 35 heavy (non-hydrogen) atoms. The monoisotopic (exact) mass is 494 g/mol. The molecule has 0 spiro atoms. The fourth-order valence-electron chi connectivity index (χ4n) is 5.42. The fourth-order valence-corrected chi connectivity index (χ4v) is 5.88. The highest BCUT2D eigenvalue weighted by atomic mass is 32.2. The van der Waals surface area contributed by atoms with E-state index in [4.69, 9.17) is 0 Å². The normalized spacial score (nSPS) is 16.1. The van der Waals surface area contributed by atoms with Gasteiger partial charge in [0.25, 0.3) is 0 Å². The maximum absolute atomic E-state index is 11.3. The van der Waals surface area contributed by atoms with Crippen LogP contribution in [0.5, 0.6) is 0 Å². The second-order valence-corrected chi connectivity index (χ2v) is 11.9. The standard InChI is InChI=1S/C26H34N6O2S/c1-17(2)24-22-14-20(19-7-10-31(11-8-19)12-9-29-35(4,33)34)5-6-23(22)30-25(24)21-13-18(3)26-27-16-28-32(26)15-21/h5-6,13-17,19,29-30H,7-12H2,1-4H3. The molecular formula is C26H34N6O2S. The Kier molecular flexibility index (Phi) is 6.41. The first-order valence-corrected chi connectivity index (χ1v) is 14.2. The number of rotatable bonds is 7. The van der Waals surface area contributed by atoms with Crippen LogP contribution in [0.3, 0.4) is 0 Å². The first-order valence-electron chi connectivity index (χ1n) is 12.3. The number of hydrogen-bond acceptors (Lipinski definition) is 5. The van der Waals surface area contributed by atoms with E-state index < -0.39 is 10.0 Å². The SMILES string of the molecule is Cc1cc(-c2[nH]c3ccc(C4CCN(CCNS(C)(=O)=O)CC4)cc3c2C(C)C)cn2ncnc12. The Hall–Kier alpha value is -2.75. The number of aromatic nitrogens is 4. The third-order valence-electron chi connectivity index (χ3n) is 7.14. The highest BCUT2D eigenvalue weighted by Gasteiger charge is 2.23. The quantitative estimate of drug-likeness (QED) is 0.404. The average molecular weight is 495 g/mol. The summed E-state index contributed by atoms with van der Waals surface area (Å²) in [5.74, 6) is 0.885. The molecule has 1 fully saturated rings. The lowest BCUT2D eigenvalue weighted by Gasteiger charge is -2.32. The number of hydrogen-bond donors (Lipinski definition) is 2. The summed E-state index contributed by atoms with van der Waals surface area (Å²) in [5, 5.41) is 5.66. The number of aryl methyl sites for hydroxylation is 1. The van der Waals surface area contributed by atoms with Crippen LogP contribution < -0.4 is 4.72 Å². The molecule has 1 aliphatic heterocycles. The van der Waals surface area contributed by atoms with E-state index in [0.717, 1.165) is 60.5 Å². The molecule has 4 aromatic rings. The zero-order valence-corrected chi connectivity index (χ0v) is 21.7. The molecular weight excluding hydrogens is 460 g/mol. The van der Waals surface area contributed by atoms with Gasteiger partial charge in [0.05, 0.1) is 11.9 Å². The molecule has 0 atom stereocenters. The van der Waals surface area contributed by atoms with Crippen molar-refractivity contribution >= 4 is 26.6 Å². The predicted octanol–water partition coefficient (Wildman–Crippen LogP) is 4.04. The summed E-state index contributed by atoms with van der Waals surface area (Å²) in [6, 6.07) is 9.07. The molecule has 1 saturated heterocycles. The largest absolute Gasteiger partial charge is 0.354 e. The van der Waals surface area contributed by atoms with E-state index in [2.05, 4.69) is 75.9 Å². The number of fused-ring (bicyclic) bond motifs is 2. The molecule has 0 bridgehead atoms. The van der Waals surface area contributed by atoms with Gasteiger partial charge in [0.15, 0.2) is 5.65 Å². The number of nitrogens with one attached hydrogen (secondary N) is 2. The van der Waals surface area contributed by atoms with Gasteiger partial charge < -0.3 is 9.88 Å². The lowest BCUT2D eigenvalue weighted by atomic mass is 9.87. The number of pyridine rings is 1. The van der Waals surface area contributed by atoms with Crippen molar-refractivity contribution in [3.05, 3.63) is 53.5 Å². The lowest BCUT2D eigenvalue weighted by molar-refractivity contribution is 0.216. The molecule has 0 amide bonds. The van der Waals surface area contributed by atoms with Crippen molar-refractivity contribution < 1.29 is 8.42 Å². The highest BCUT2D eigenvalue weighted by Crippen LogP contribution is 2.38. The van der Waals surface area contributed by atoms with Gasteiger partial charge in [-0.2, -0.15) is 5.10 Å². The summed E-state index contributed by atoms with van der Waals surface area (Å²) < 4.78 is 27.1. The molecule has 8 nitrogen and oxygen atoms in total. The van der Waals surface area contributed by atoms with Crippen LogP contribution in [0.1, 0.15) is 55.2 Å². The first-order chi connectivity index (χ1) is 16.7. The van der Waals surface area contributed by atoms with Gasteiger partial charge >= 0.3 is 0 Å². The zero-order chi connectivity index (χ0) is 24.7. The highest BCUT2D eigenvalue weighted by molar-refractivity contribution is 7.88. The van der Waals surface area contributed by atoms with Crippen LogP contribution in [0.25, 0.3) is 27.8 Å². The molecule has 2 N–H and O–H groups in total. The molecule has 1 aliphatic rings. The molecule has 4 heterocycles. The molecule has 5 rings (SSSR count). The number of H-pyrrole nitrogens is 1. The predicted molar refractivity (Wildman–Crippen MR) is 140 cm³/mol. The molecule has 0 radical (unpaired) electrons. The summed E-state index contributed by atoms with van der Waals surface area (Å²) in [5.41, 5.74) is 8.16. The Morgan fingerprint density at radius 1 is 1.20 bits per heavy atom. The molecule has 1 aromatic carbocycles. The maximum atomic E-state index is 11.3. The molecule has 186 valence electrons. The van der Waals surface area contributed by atoms with Crippen molar-refractivity contribution in [1.29, 1.82) is 0 Å². The van der Waals surface area contributed by atoms with E-state index in [1.807, 2.05) is 4.52 Å². The summed E-state index contributed by atoms with van der Waals surface area (Å²) in [4.78, 5) is 10.4. The lowest BCUT2D eigenvalue weighted by Crippen LogP contribution is -2.38. The van der Waals surface area contributed by atoms with Crippen molar-refractivity contribution in [2.24, 2.45) is 0 Å². The zero-order valence-electron chi connectivity index (χ0n) is 20.9. The van der Waals surface area contributed by atoms with Gasteiger partial charge in [-0.15, -0.1) is 0 Å². The van der Waals surface area contributed by atoms with Gasteiger partial charge in [-0.05, 0) is 79.6 Å². The summed E-state index contributed by atoms with van der Waals surface area (Å²) in [6.45, 7) is 9.78. The van der Waals surface area contributed by atoms with Crippen LogP contribution in [0.4, 0.5) is 0 Å². The van der Waals surface area contributed by atoms with E-state index in [1.54, 1.807) is 6.33 Å². The molecule has 0 saturated carbocycles. The van der Waals surface area contributed by atoms with E-state index in [1.165, 1.54) is 22.8 Å². The van der Waals surface area contributed by atoms with Crippen LogP contribution in [-0.4, -0.2) is 65.3 Å². The van der Waals surface area contributed by atoms with Crippen LogP contribution in [0.2, 0.25) is 0 Å². The smallest absolute Gasteiger partial charge is 0.208 e. The van der Waals surface area contributed by atoms with Gasteiger partial charge in [0.2, 0.25) is 10.0 Å². The second kappa shape index (κ2) is 9.37. The van der Waals surface area contributed by atoms with E-state index in [0.29, 0.717) is 18.4 Å². The van der Waals surface area contributed by atoms with E-state index >= 15 is 0 Å². The van der Waals surface area contributed by atoms with Crippen LogP contribution in [0.15, 0.2) is 36.8 Å². The van der Waals surface area contributed by atoms with Crippen molar-refractivity contribution in [2.45, 2.75) is 45.4 Å². The van der Waals surface area contributed by atoms with Crippen molar-refractivity contribution in [2.75, 3.05) is 32.4 Å². The van der Waals surface area contributed by atoms with E-state index in [-0.39, 0.29) is 0 Å². The number of likely N-dealkylation sites (tertiary alicyclic amines) is 1. The van der Waals surface area contributed by atoms with Crippen molar-refractivity contribution in [1.82, 2.24) is 29.2 Å². The third-order valence-corrected chi connectivity index (χ3v) is 7.87. The minimum Gasteiger partial charge on any atom is -0.354 e. The minimum atomic E-state index is -3.13. The molecule has 0 unspecified atom stereocenters. The Morgan fingerprint density at radius 2 is 1.97 bits per heavy atom. The Labute approximate surface area is 206 Å². The number of piperidine rings is 1. The van der Waals surface area contributed by atoms with Crippen LogP contribution in [-0.2, 0) is 10.0 Å². The molecule has 0 aliphatic carbocycles. The van der Waals surface area contributed by atoms with Gasteiger partial charge in [0.1, 0.15) is 6.33 Å². The average Bonchev–Trinajstić information content (AvgIpc) is 3.43. The number of aromatic amines is 1. The van der Waals surface area contributed by atoms with Crippen LogP contribution >= 0.6 is 0 Å². The number of nitrogens with zero attached hydrogens (tertiary/aromatic N) is 4. The molecule has 3 aromatic heterocycles. The first kappa shape index (κ1) is 24.0. The van der Waals surface area contributed by atoms with Crippen molar-refractivity contribution in [3.63, 3.8) is 0 Å². The number of sulfonamides is 1. The van der Waals surface area contributed by atoms with Gasteiger partial charge in [-0.3, -0.25) is 0 Å². The second-order valence-electron chi connectivity index (χ2n) is 10.1. The Morgan fingerprint density at radius 3 is 2.69 bits per heavy atom. The summed E-state index contributed by atoms with van der Waals surface area (Å²) in [7, 11) is -3.13. The Bertz CT molecular complexity index is 1460. The summed E-state index contributed by atoms with van der Waals surface area (Å²) >= 11 is 0. The van der Waals surface area contributed by atoms with Crippen LogP contribution in [0, 0.1) is 6.92 Å². The van der Waals surface area contributed by atoms with Crippen molar-refractivity contribution in [3.8, 4) is 11.3 Å². The van der Waals surface area contributed by atoms with E-state index in [9.17, 15) is 8.42 Å². The topological polar surface area (TPSA) is 95.4 Å². The minimum absolute atomic E-state index is 0.366. The van der Waals surface area contributed by atoms with Gasteiger partial charge in [-0.25, -0.2) is 22.6 Å². The summed E-state index contributed by atoms with van der Waals surface area (Å²) in [6.07, 6.45) is 7.03. The fraction of sp³-hybridized carbons (Fsp3) is 0.462. The maximum Gasteiger partial charge on any atom is 0.208 e. The van der Waals surface area contributed by atoms with Gasteiger partial charge in [0, 0.05) is 35.8 Å².